The van der Waals surface area contributed by atoms with Crippen LogP contribution in [0.25, 0.3) is 0 Å². The van der Waals surface area contributed by atoms with Crippen LogP contribution in [-0.2, 0) is 7.05 Å². The van der Waals surface area contributed by atoms with Gasteiger partial charge in [0.1, 0.15) is 5.75 Å². The number of aromatic nitrogens is 1. The Morgan fingerprint density at radius 1 is 1.26 bits per heavy atom. The van der Waals surface area contributed by atoms with Crippen molar-refractivity contribution in [2.24, 2.45) is 12.8 Å². The molecule has 1 aromatic carbocycles. The van der Waals surface area contributed by atoms with Gasteiger partial charge < -0.3 is 15.0 Å². The predicted octanol–water partition coefficient (Wildman–Crippen LogP) is 2.84. The Morgan fingerprint density at radius 3 is 2.74 bits per heavy atom. The first kappa shape index (κ1) is 13.7. The Labute approximate surface area is 115 Å². The fraction of sp³-hybridized carbons (Fsp3) is 0.375. The second-order valence-corrected chi connectivity index (χ2v) is 4.93. The minimum absolute atomic E-state index is 0.352. The van der Waals surface area contributed by atoms with Crippen molar-refractivity contribution in [2.45, 2.75) is 19.3 Å². The van der Waals surface area contributed by atoms with Crippen LogP contribution in [0.3, 0.4) is 0 Å². The number of hydrogen-bond acceptors (Lipinski definition) is 2. The molecular formula is C16H22N2O. The summed E-state index contributed by atoms with van der Waals surface area (Å²) in [5, 5.41) is 0. The van der Waals surface area contributed by atoms with Crippen molar-refractivity contribution in [1.82, 2.24) is 4.57 Å². The number of rotatable bonds is 6. The van der Waals surface area contributed by atoms with Crippen molar-refractivity contribution in [3.63, 3.8) is 0 Å². The molecule has 2 aromatic rings. The smallest absolute Gasteiger partial charge is 0.119 e. The molecule has 19 heavy (non-hydrogen) atoms. The van der Waals surface area contributed by atoms with E-state index >= 15 is 0 Å². The van der Waals surface area contributed by atoms with E-state index < -0.39 is 0 Å². The lowest BCUT2D eigenvalue weighted by Crippen LogP contribution is -2.17. The van der Waals surface area contributed by atoms with Gasteiger partial charge in [0, 0.05) is 31.4 Å². The molecule has 1 heterocycles. The SMILES string of the molecule is Cc1cccc(OCCC(CN)c2cccn2C)c1. The van der Waals surface area contributed by atoms with Crippen molar-refractivity contribution >= 4 is 0 Å². The van der Waals surface area contributed by atoms with E-state index in [2.05, 4.69) is 49.0 Å². The van der Waals surface area contributed by atoms with Gasteiger partial charge in [0.05, 0.1) is 6.61 Å². The highest BCUT2D eigenvalue weighted by atomic mass is 16.5. The molecule has 2 N–H and O–H groups in total. The highest BCUT2D eigenvalue weighted by Gasteiger charge is 2.12. The van der Waals surface area contributed by atoms with E-state index in [0.717, 1.165) is 12.2 Å². The summed E-state index contributed by atoms with van der Waals surface area (Å²) < 4.78 is 7.92. The number of hydrogen-bond donors (Lipinski definition) is 1. The first-order chi connectivity index (χ1) is 9.20. The van der Waals surface area contributed by atoms with Crippen LogP contribution in [-0.4, -0.2) is 17.7 Å². The van der Waals surface area contributed by atoms with Crippen molar-refractivity contribution in [1.29, 1.82) is 0 Å². The number of aryl methyl sites for hydroxylation is 2. The van der Waals surface area contributed by atoms with Gasteiger partial charge in [-0.15, -0.1) is 0 Å². The molecule has 0 aliphatic heterocycles. The Kier molecular flexibility index (Phi) is 4.63. The normalized spacial score (nSPS) is 12.4. The van der Waals surface area contributed by atoms with Gasteiger partial charge >= 0.3 is 0 Å². The van der Waals surface area contributed by atoms with Gasteiger partial charge in [-0.25, -0.2) is 0 Å². The number of ether oxygens (including phenoxy) is 1. The van der Waals surface area contributed by atoms with Crippen molar-refractivity contribution < 1.29 is 4.74 Å². The molecule has 3 nitrogen and oxygen atoms in total. The molecule has 102 valence electrons. The molecule has 0 aliphatic carbocycles. The Hall–Kier alpha value is -1.74. The van der Waals surface area contributed by atoms with Gasteiger partial charge in [0.25, 0.3) is 0 Å². The molecular weight excluding hydrogens is 236 g/mol. The maximum atomic E-state index is 5.87. The van der Waals surface area contributed by atoms with Crippen LogP contribution in [0.5, 0.6) is 5.75 Å². The summed E-state index contributed by atoms with van der Waals surface area (Å²) in [6.07, 6.45) is 2.99. The maximum Gasteiger partial charge on any atom is 0.119 e. The Bertz CT molecular complexity index is 519. The summed E-state index contributed by atoms with van der Waals surface area (Å²) in [5.74, 6) is 1.28. The van der Waals surface area contributed by atoms with Crippen molar-refractivity contribution in [3.8, 4) is 5.75 Å². The summed E-state index contributed by atoms with van der Waals surface area (Å²) in [7, 11) is 2.05. The zero-order valence-electron chi connectivity index (χ0n) is 11.7. The van der Waals surface area contributed by atoms with Crippen LogP contribution in [0, 0.1) is 6.92 Å². The predicted molar refractivity (Wildman–Crippen MR) is 78.5 cm³/mol. The van der Waals surface area contributed by atoms with E-state index in [0.29, 0.717) is 19.1 Å². The first-order valence-corrected chi connectivity index (χ1v) is 6.71. The lowest BCUT2D eigenvalue weighted by atomic mass is 10.0. The summed E-state index contributed by atoms with van der Waals surface area (Å²) in [6.45, 7) is 3.41. The molecule has 1 unspecified atom stereocenters. The first-order valence-electron chi connectivity index (χ1n) is 6.71. The molecule has 0 bridgehead atoms. The standard InChI is InChI=1S/C16H22N2O/c1-13-5-3-6-15(11-13)19-10-8-14(12-17)16-7-4-9-18(16)2/h3-7,9,11,14H,8,10,12,17H2,1-2H3. The van der Waals surface area contributed by atoms with E-state index in [-0.39, 0.29) is 0 Å². The van der Waals surface area contributed by atoms with Crippen molar-refractivity contribution in [3.05, 3.63) is 53.9 Å². The van der Waals surface area contributed by atoms with Gasteiger partial charge in [0.2, 0.25) is 0 Å². The van der Waals surface area contributed by atoms with E-state index in [1.807, 2.05) is 12.1 Å². The summed E-state index contributed by atoms with van der Waals surface area (Å²) in [6, 6.07) is 12.3. The van der Waals surface area contributed by atoms with Crippen LogP contribution in [0.4, 0.5) is 0 Å². The van der Waals surface area contributed by atoms with Crippen LogP contribution < -0.4 is 10.5 Å². The molecule has 1 atom stereocenters. The molecule has 0 saturated carbocycles. The summed E-state index contributed by atoms with van der Waals surface area (Å²) in [4.78, 5) is 0. The molecule has 0 radical (unpaired) electrons. The van der Waals surface area contributed by atoms with E-state index in [4.69, 9.17) is 10.5 Å². The van der Waals surface area contributed by atoms with Gasteiger partial charge in [-0.3, -0.25) is 0 Å². The van der Waals surface area contributed by atoms with E-state index in [1.165, 1.54) is 11.3 Å². The fourth-order valence-corrected chi connectivity index (χ4v) is 2.31. The molecule has 0 saturated heterocycles. The lowest BCUT2D eigenvalue weighted by Gasteiger charge is -2.16. The average Bonchev–Trinajstić information content (AvgIpc) is 2.81. The number of nitrogens with zero attached hydrogens (tertiary/aromatic N) is 1. The van der Waals surface area contributed by atoms with Gasteiger partial charge in [0.15, 0.2) is 0 Å². The van der Waals surface area contributed by atoms with E-state index in [1.54, 1.807) is 0 Å². The molecule has 0 fully saturated rings. The molecule has 2 rings (SSSR count). The summed E-state index contributed by atoms with van der Waals surface area (Å²) >= 11 is 0. The van der Waals surface area contributed by atoms with Gasteiger partial charge in [-0.1, -0.05) is 12.1 Å². The van der Waals surface area contributed by atoms with Gasteiger partial charge in [-0.05, 0) is 43.2 Å². The second-order valence-electron chi connectivity index (χ2n) is 4.93. The fourth-order valence-electron chi connectivity index (χ4n) is 2.31. The highest BCUT2D eigenvalue weighted by molar-refractivity contribution is 5.27. The zero-order chi connectivity index (χ0) is 13.7. The molecule has 0 spiro atoms. The topological polar surface area (TPSA) is 40.2 Å². The lowest BCUT2D eigenvalue weighted by molar-refractivity contribution is 0.296. The Morgan fingerprint density at radius 2 is 2.11 bits per heavy atom. The maximum absolute atomic E-state index is 5.87. The molecule has 1 aromatic heterocycles. The minimum Gasteiger partial charge on any atom is -0.494 e. The van der Waals surface area contributed by atoms with E-state index in [9.17, 15) is 0 Å². The third-order valence-corrected chi connectivity index (χ3v) is 3.41. The van der Waals surface area contributed by atoms with Crippen LogP contribution in [0.15, 0.2) is 42.6 Å². The molecule has 0 aliphatic rings. The highest BCUT2D eigenvalue weighted by Crippen LogP contribution is 2.20. The Balaban J connectivity index is 1.89. The van der Waals surface area contributed by atoms with Gasteiger partial charge in [-0.2, -0.15) is 0 Å². The monoisotopic (exact) mass is 258 g/mol. The van der Waals surface area contributed by atoms with Crippen LogP contribution in [0.2, 0.25) is 0 Å². The zero-order valence-corrected chi connectivity index (χ0v) is 11.7. The molecule has 3 heteroatoms. The van der Waals surface area contributed by atoms with Crippen LogP contribution >= 0.6 is 0 Å². The third kappa shape index (κ3) is 3.61. The number of nitrogens with two attached hydrogens (primary N) is 1. The number of benzene rings is 1. The largest absolute Gasteiger partial charge is 0.494 e. The van der Waals surface area contributed by atoms with Crippen LogP contribution in [0.1, 0.15) is 23.6 Å². The average molecular weight is 258 g/mol. The molecule has 0 amide bonds. The quantitative estimate of drug-likeness (QED) is 0.865. The second kappa shape index (κ2) is 6.43. The summed E-state index contributed by atoms with van der Waals surface area (Å²) in [5.41, 5.74) is 8.36. The minimum atomic E-state index is 0.352. The third-order valence-electron chi connectivity index (χ3n) is 3.41. The van der Waals surface area contributed by atoms with Crippen molar-refractivity contribution in [2.75, 3.05) is 13.2 Å².